The first kappa shape index (κ1) is 11.6. The van der Waals surface area contributed by atoms with Gasteiger partial charge in [0.25, 0.3) is 0 Å². The summed E-state index contributed by atoms with van der Waals surface area (Å²) in [4.78, 5) is 0. The number of hydrogen-bond donors (Lipinski definition) is 3. The molecule has 0 aliphatic rings. The molecule has 0 spiro atoms. The summed E-state index contributed by atoms with van der Waals surface area (Å²) < 4.78 is 0. The molecule has 3 nitrogen and oxygen atoms in total. The van der Waals surface area contributed by atoms with Crippen molar-refractivity contribution in [1.82, 2.24) is 6.15 Å². The van der Waals surface area contributed by atoms with Gasteiger partial charge >= 0.3 is 0 Å². The summed E-state index contributed by atoms with van der Waals surface area (Å²) in [6.45, 7) is 4.10. The van der Waals surface area contributed by atoms with E-state index < -0.39 is 5.66 Å². The molecule has 0 aromatic rings. The van der Waals surface area contributed by atoms with E-state index in [-0.39, 0.29) is 6.15 Å². The molecule has 3 heteroatoms. The Kier molecular flexibility index (Phi) is 6.12. The van der Waals surface area contributed by atoms with Crippen LogP contribution in [0.4, 0.5) is 0 Å². The maximum absolute atomic E-state index is 5.60. The molecule has 0 radical (unpaired) electrons. The Morgan fingerprint density at radius 1 is 1.22 bits per heavy atom. The number of rotatable bonds is 3. The molecule has 0 saturated heterocycles. The Morgan fingerprint density at radius 2 is 1.67 bits per heavy atom. The van der Waals surface area contributed by atoms with E-state index in [2.05, 4.69) is 6.92 Å². The van der Waals surface area contributed by atoms with Crippen LogP contribution in [0.5, 0.6) is 0 Å². The van der Waals surface area contributed by atoms with Crippen LogP contribution in [0.1, 0.15) is 33.1 Å². The molecule has 0 amide bonds. The summed E-state index contributed by atoms with van der Waals surface area (Å²) in [6.07, 6.45) is 2.85. The minimum absolute atomic E-state index is 0. The minimum atomic E-state index is -0.408. The summed E-state index contributed by atoms with van der Waals surface area (Å²) >= 11 is 0. The Labute approximate surface area is 57.4 Å². The second-order valence-electron chi connectivity index (χ2n) is 2.34. The van der Waals surface area contributed by atoms with Gasteiger partial charge in [-0.05, 0) is 12.8 Å². The van der Waals surface area contributed by atoms with Crippen LogP contribution in [-0.2, 0) is 0 Å². The molecule has 0 aromatic heterocycles. The van der Waals surface area contributed by atoms with Gasteiger partial charge in [0, 0.05) is 0 Å². The molecule has 0 unspecified atom stereocenters. The van der Waals surface area contributed by atoms with Crippen molar-refractivity contribution >= 4 is 0 Å². The predicted octanol–water partition coefficient (Wildman–Crippen LogP) is 0.972. The van der Waals surface area contributed by atoms with Gasteiger partial charge in [-0.3, -0.25) is 0 Å². The first-order valence-electron chi connectivity index (χ1n) is 3.20. The molecule has 0 heterocycles. The zero-order chi connectivity index (χ0) is 6.62. The Morgan fingerprint density at radius 3 is 1.78 bits per heavy atom. The highest BCUT2D eigenvalue weighted by Gasteiger charge is 2.12. The highest BCUT2D eigenvalue weighted by Crippen LogP contribution is 2.04. The lowest BCUT2D eigenvalue weighted by atomic mass is 10.0. The molecule has 0 aliphatic heterocycles. The van der Waals surface area contributed by atoms with Crippen molar-refractivity contribution in [3.05, 3.63) is 0 Å². The molecule has 0 fully saturated rings. The lowest BCUT2D eigenvalue weighted by Crippen LogP contribution is -2.48. The molecule has 7 N–H and O–H groups in total. The zero-order valence-corrected chi connectivity index (χ0v) is 6.48. The Balaban J connectivity index is 0. The third kappa shape index (κ3) is 5.76. The quantitative estimate of drug-likeness (QED) is 0.501. The average Bonchev–Trinajstić information content (AvgIpc) is 1.67. The fraction of sp³-hybridized carbons (Fsp3) is 1.00. The highest BCUT2D eigenvalue weighted by atomic mass is 14.9. The molecule has 0 bridgehead atoms. The predicted molar refractivity (Wildman–Crippen MR) is 41.3 cm³/mol. The average molecular weight is 133 g/mol. The molecular weight excluding hydrogens is 114 g/mol. The molecule has 0 atom stereocenters. The van der Waals surface area contributed by atoms with Crippen LogP contribution in [0.25, 0.3) is 0 Å². The molecule has 58 valence electrons. The van der Waals surface area contributed by atoms with Gasteiger partial charge in [0.05, 0.1) is 5.66 Å². The summed E-state index contributed by atoms with van der Waals surface area (Å²) in [6, 6.07) is 0. The maximum Gasteiger partial charge on any atom is 0.0633 e. The van der Waals surface area contributed by atoms with Gasteiger partial charge in [0.1, 0.15) is 0 Å². The van der Waals surface area contributed by atoms with Gasteiger partial charge in [-0.2, -0.15) is 0 Å². The monoisotopic (exact) mass is 133 g/mol. The van der Waals surface area contributed by atoms with E-state index in [1.165, 1.54) is 0 Å². The van der Waals surface area contributed by atoms with Gasteiger partial charge in [-0.1, -0.05) is 20.3 Å². The van der Waals surface area contributed by atoms with Crippen molar-refractivity contribution < 1.29 is 0 Å². The lowest BCUT2D eigenvalue weighted by molar-refractivity contribution is 0.390. The van der Waals surface area contributed by atoms with Crippen molar-refractivity contribution in [1.29, 1.82) is 0 Å². The molecule has 0 rings (SSSR count). The van der Waals surface area contributed by atoms with E-state index in [0.29, 0.717) is 0 Å². The van der Waals surface area contributed by atoms with E-state index in [1.807, 2.05) is 6.92 Å². The van der Waals surface area contributed by atoms with Crippen LogP contribution in [0.15, 0.2) is 0 Å². The minimum Gasteiger partial charge on any atom is -0.344 e. The van der Waals surface area contributed by atoms with Gasteiger partial charge in [0.2, 0.25) is 0 Å². The fourth-order valence-corrected chi connectivity index (χ4v) is 0.642. The largest absolute Gasteiger partial charge is 0.344 e. The van der Waals surface area contributed by atoms with E-state index in [0.717, 1.165) is 19.3 Å². The molecule has 0 aliphatic carbocycles. The molecule has 0 saturated carbocycles. The molecule has 0 aromatic carbocycles. The van der Waals surface area contributed by atoms with Gasteiger partial charge in [-0.25, -0.2) is 0 Å². The second kappa shape index (κ2) is 4.73. The fourth-order valence-electron chi connectivity index (χ4n) is 0.642. The highest BCUT2D eigenvalue weighted by molar-refractivity contribution is 4.72. The molecule has 9 heavy (non-hydrogen) atoms. The smallest absolute Gasteiger partial charge is 0.0633 e. The van der Waals surface area contributed by atoms with Crippen molar-refractivity contribution in [3.63, 3.8) is 0 Å². The maximum atomic E-state index is 5.60. The van der Waals surface area contributed by atoms with E-state index in [1.54, 1.807) is 0 Å². The molecular formula is C6H19N3. The van der Waals surface area contributed by atoms with Gasteiger partial charge < -0.3 is 17.6 Å². The zero-order valence-electron chi connectivity index (χ0n) is 6.48. The van der Waals surface area contributed by atoms with Gasteiger partial charge in [-0.15, -0.1) is 0 Å². The summed E-state index contributed by atoms with van der Waals surface area (Å²) in [5.74, 6) is 0. The standard InChI is InChI=1S/C6H16N2.H3N/c1-3-5-6(7,8)4-2;/h3-5,7-8H2,1-2H3;1H3. The number of hydrogen-bond acceptors (Lipinski definition) is 3. The first-order chi connectivity index (χ1) is 3.62. The second-order valence-corrected chi connectivity index (χ2v) is 2.34. The topological polar surface area (TPSA) is 87.0 Å². The van der Waals surface area contributed by atoms with Crippen molar-refractivity contribution in [2.45, 2.75) is 38.8 Å². The normalized spacial score (nSPS) is 10.7. The number of nitrogens with two attached hydrogens (primary N) is 2. The van der Waals surface area contributed by atoms with Crippen molar-refractivity contribution in [3.8, 4) is 0 Å². The Hall–Kier alpha value is -0.120. The van der Waals surface area contributed by atoms with Crippen molar-refractivity contribution in [2.75, 3.05) is 0 Å². The summed E-state index contributed by atoms with van der Waals surface area (Å²) in [7, 11) is 0. The third-order valence-corrected chi connectivity index (χ3v) is 1.37. The summed E-state index contributed by atoms with van der Waals surface area (Å²) in [5, 5.41) is 0. The van der Waals surface area contributed by atoms with Crippen LogP contribution in [-0.4, -0.2) is 5.66 Å². The van der Waals surface area contributed by atoms with E-state index in [4.69, 9.17) is 11.5 Å². The van der Waals surface area contributed by atoms with Gasteiger partial charge in [0.15, 0.2) is 0 Å². The van der Waals surface area contributed by atoms with Crippen LogP contribution in [0.3, 0.4) is 0 Å². The Bertz CT molecular complexity index is 61.3. The van der Waals surface area contributed by atoms with E-state index >= 15 is 0 Å². The SMILES string of the molecule is CCCC(N)(N)CC.N. The van der Waals surface area contributed by atoms with E-state index in [9.17, 15) is 0 Å². The summed E-state index contributed by atoms with van der Waals surface area (Å²) in [5.41, 5.74) is 10.8. The van der Waals surface area contributed by atoms with Crippen molar-refractivity contribution in [2.24, 2.45) is 11.5 Å². The lowest BCUT2D eigenvalue weighted by Gasteiger charge is -2.20. The third-order valence-electron chi connectivity index (χ3n) is 1.37. The van der Waals surface area contributed by atoms with Crippen LogP contribution in [0.2, 0.25) is 0 Å². The van der Waals surface area contributed by atoms with Crippen LogP contribution in [0, 0.1) is 0 Å². The first-order valence-corrected chi connectivity index (χ1v) is 3.20. The van der Waals surface area contributed by atoms with Crippen LogP contribution >= 0.6 is 0 Å². The van der Waals surface area contributed by atoms with Crippen LogP contribution < -0.4 is 17.6 Å².